The fraction of sp³-hybridized carbons (Fsp3) is 0.774. The molecule has 0 aromatic heterocycles. The predicted molar refractivity (Wildman–Crippen MR) is 159 cm³/mol. The first-order chi connectivity index (χ1) is 18.5. The van der Waals surface area contributed by atoms with Gasteiger partial charge in [-0.3, -0.25) is 4.79 Å². The van der Waals surface area contributed by atoms with Gasteiger partial charge < -0.3 is 25.4 Å². The highest BCUT2D eigenvalue weighted by Gasteiger charge is 2.06. The molecule has 1 unspecified atom stereocenters. The molecule has 0 spiro atoms. The molecule has 0 saturated heterocycles. The Morgan fingerprint density at radius 2 is 1.00 bits per heavy atom. The second kappa shape index (κ2) is 32.0. The summed E-state index contributed by atoms with van der Waals surface area (Å²) in [4.78, 5) is 31.3. The maximum atomic E-state index is 11.2. The summed E-state index contributed by atoms with van der Waals surface area (Å²) in [7, 11) is 0. The number of amides is 1. The molecule has 8 heteroatoms. The number of unbranched alkanes of at least 4 members (excludes halogenated alkanes) is 15. The maximum absolute atomic E-state index is 11.2. The van der Waals surface area contributed by atoms with E-state index in [1.165, 1.54) is 96.3 Å². The number of rotatable bonds is 22. The van der Waals surface area contributed by atoms with Crippen molar-refractivity contribution < 1.29 is 34.1 Å². The van der Waals surface area contributed by atoms with Crippen LogP contribution < -0.4 is 5.73 Å². The second-order valence-corrected chi connectivity index (χ2v) is 9.82. The minimum atomic E-state index is -1.40. The van der Waals surface area contributed by atoms with Crippen molar-refractivity contribution in [2.45, 2.75) is 137 Å². The summed E-state index contributed by atoms with van der Waals surface area (Å²) in [5, 5.41) is 16.2. The zero-order valence-electron chi connectivity index (χ0n) is 25.4. The fourth-order valence-corrected chi connectivity index (χ4v) is 3.28. The molecule has 0 fully saturated rings. The van der Waals surface area contributed by atoms with E-state index in [9.17, 15) is 14.4 Å². The van der Waals surface area contributed by atoms with Gasteiger partial charge >= 0.3 is 11.9 Å². The van der Waals surface area contributed by atoms with Crippen molar-refractivity contribution in [1.29, 1.82) is 0 Å². The average Bonchev–Trinajstić information content (AvgIpc) is 2.90. The molecular formula is C31H59NO7. The second-order valence-electron chi connectivity index (χ2n) is 9.82. The Balaban J connectivity index is -0.000000701. The van der Waals surface area contributed by atoms with Crippen molar-refractivity contribution in [2.24, 2.45) is 5.73 Å². The van der Waals surface area contributed by atoms with Gasteiger partial charge in [0.2, 0.25) is 5.91 Å². The molecule has 8 nitrogen and oxygen atoms in total. The highest BCUT2D eigenvalue weighted by atomic mass is 16.5. The van der Waals surface area contributed by atoms with Crippen LogP contribution in [0, 0.1) is 0 Å². The molecule has 4 N–H and O–H groups in total. The molecule has 0 rings (SSSR count). The molecule has 1 atom stereocenters. The lowest BCUT2D eigenvalue weighted by Gasteiger charge is -2.05. The van der Waals surface area contributed by atoms with Crippen LogP contribution in [-0.4, -0.2) is 54.0 Å². The molecule has 0 bridgehead atoms. The SMILES string of the molecule is C=C(C)C(=O)OCC.C=C(C)C(=O)OCCCCCCCCCCCCCCCCCC.NC(=O)C(O)CO. The van der Waals surface area contributed by atoms with Gasteiger partial charge in [0.1, 0.15) is 0 Å². The van der Waals surface area contributed by atoms with E-state index < -0.39 is 18.6 Å². The van der Waals surface area contributed by atoms with E-state index in [1.54, 1.807) is 20.8 Å². The highest BCUT2D eigenvalue weighted by Crippen LogP contribution is 2.13. The summed E-state index contributed by atoms with van der Waals surface area (Å²) < 4.78 is 9.65. The first-order valence-electron chi connectivity index (χ1n) is 14.8. The number of nitrogens with two attached hydrogens (primary N) is 1. The van der Waals surface area contributed by atoms with Gasteiger partial charge in [-0.2, -0.15) is 0 Å². The van der Waals surface area contributed by atoms with E-state index in [1.807, 2.05) is 0 Å². The minimum absolute atomic E-state index is 0.254. The smallest absolute Gasteiger partial charge is 0.333 e. The molecule has 230 valence electrons. The summed E-state index contributed by atoms with van der Waals surface area (Å²) in [5.41, 5.74) is 5.44. The van der Waals surface area contributed by atoms with Crippen LogP contribution in [0.2, 0.25) is 0 Å². The number of ether oxygens (including phenoxy) is 2. The van der Waals surface area contributed by atoms with Crippen LogP contribution in [0.25, 0.3) is 0 Å². The Morgan fingerprint density at radius 1 is 0.667 bits per heavy atom. The zero-order valence-corrected chi connectivity index (χ0v) is 25.4. The molecule has 0 saturated carbocycles. The number of primary amides is 1. The summed E-state index contributed by atoms with van der Waals surface area (Å²) in [6, 6.07) is 0. The lowest BCUT2D eigenvalue weighted by molar-refractivity contribution is -0.139. The molecule has 39 heavy (non-hydrogen) atoms. The van der Waals surface area contributed by atoms with Crippen molar-refractivity contribution in [3.8, 4) is 0 Å². The van der Waals surface area contributed by atoms with Gasteiger partial charge in [-0.25, -0.2) is 9.59 Å². The van der Waals surface area contributed by atoms with E-state index in [4.69, 9.17) is 14.9 Å². The number of carbonyl (C=O) groups is 3. The monoisotopic (exact) mass is 557 g/mol. The van der Waals surface area contributed by atoms with Crippen molar-refractivity contribution in [3.05, 3.63) is 24.3 Å². The number of aliphatic hydroxyl groups excluding tert-OH is 2. The third-order valence-corrected chi connectivity index (χ3v) is 5.70. The molecule has 1 amide bonds. The summed E-state index contributed by atoms with van der Waals surface area (Å²) in [6.07, 6.45) is 20.3. The molecule has 0 aliphatic carbocycles. The molecule has 0 heterocycles. The normalized spacial score (nSPS) is 10.7. The van der Waals surface area contributed by atoms with Crippen molar-refractivity contribution in [1.82, 2.24) is 0 Å². The Bertz CT molecular complexity index is 634. The minimum Gasteiger partial charge on any atom is -0.463 e. The van der Waals surface area contributed by atoms with Gasteiger partial charge in [-0.15, -0.1) is 0 Å². The number of hydrogen-bond donors (Lipinski definition) is 3. The Kier molecular flexibility index (Phi) is 33.9. The Labute approximate surface area is 238 Å². The summed E-state index contributed by atoms with van der Waals surface area (Å²) >= 11 is 0. The predicted octanol–water partition coefficient (Wildman–Crippen LogP) is 6.32. The van der Waals surface area contributed by atoms with Crippen LogP contribution in [0.4, 0.5) is 0 Å². The van der Waals surface area contributed by atoms with E-state index in [2.05, 4.69) is 30.6 Å². The van der Waals surface area contributed by atoms with Crippen LogP contribution in [0.3, 0.4) is 0 Å². The quantitative estimate of drug-likeness (QED) is 0.0805. The lowest BCUT2D eigenvalue weighted by atomic mass is 10.0. The number of esters is 2. The van der Waals surface area contributed by atoms with Crippen LogP contribution in [0.15, 0.2) is 24.3 Å². The van der Waals surface area contributed by atoms with Crippen LogP contribution >= 0.6 is 0 Å². The van der Waals surface area contributed by atoms with Gasteiger partial charge in [0.05, 0.1) is 19.8 Å². The molecule has 0 aromatic rings. The first kappa shape index (κ1) is 41.3. The number of carbonyl (C=O) groups excluding carboxylic acids is 3. The van der Waals surface area contributed by atoms with Gasteiger partial charge in [0.25, 0.3) is 0 Å². The average molecular weight is 558 g/mol. The number of hydrogen-bond acceptors (Lipinski definition) is 7. The summed E-state index contributed by atoms with van der Waals surface area (Å²) in [5.74, 6) is -1.47. The summed E-state index contributed by atoms with van der Waals surface area (Å²) in [6.45, 7) is 14.7. The van der Waals surface area contributed by atoms with Gasteiger partial charge in [0.15, 0.2) is 6.10 Å². The van der Waals surface area contributed by atoms with E-state index >= 15 is 0 Å². The third-order valence-electron chi connectivity index (χ3n) is 5.70. The molecule has 0 aliphatic rings. The van der Waals surface area contributed by atoms with E-state index in [-0.39, 0.29) is 11.9 Å². The van der Waals surface area contributed by atoms with Gasteiger partial charge in [-0.05, 0) is 27.2 Å². The molecule has 0 aliphatic heterocycles. The van der Waals surface area contributed by atoms with Crippen LogP contribution in [-0.2, 0) is 23.9 Å². The van der Waals surface area contributed by atoms with E-state index in [0.717, 1.165) is 6.42 Å². The van der Waals surface area contributed by atoms with E-state index in [0.29, 0.717) is 24.4 Å². The van der Waals surface area contributed by atoms with Gasteiger partial charge in [0, 0.05) is 11.1 Å². The maximum Gasteiger partial charge on any atom is 0.333 e. The number of aliphatic hydroxyl groups is 2. The third kappa shape index (κ3) is 35.8. The van der Waals surface area contributed by atoms with Crippen molar-refractivity contribution in [3.63, 3.8) is 0 Å². The largest absolute Gasteiger partial charge is 0.463 e. The molecule has 0 aromatic carbocycles. The zero-order chi connectivity index (χ0) is 30.3. The van der Waals surface area contributed by atoms with Crippen LogP contribution in [0.1, 0.15) is 130 Å². The molecule has 0 radical (unpaired) electrons. The Hall–Kier alpha value is -2.19. The Morgan fingerprint density at radius 3 is 1.23 bits per heavy atom. The highest BCUT2D eigenvalue weighted by molar-refractivity contribution is 5.87. The van der Waals surface area contributed by atoms with Crippen molar-refractivity contribution >= 4 is 17.8 Å². The lowest BCUT2D eigenvalue weighted by Crippen LogP contribution is -2.30. The van der Waals surface area contributed by atoms with Crippen molar-refractivity contribution in [2.75, 3.05) is 19.8 Å². The van der Waals surface area contributed by atoms with Gasteiger partial charge in [-0.1, -0.05) is 116 Å². The molecular weight excluding hydrogens is 498 g/mol. The topological polar surface area (TPSA) is 136 Å². The standard InChI is InChI=1S/C22H42O2.C6H10O2.C3H7NO3/c1-4-5-6-7-8-9-10-11-12-13-14-15-16-17-18-19-20-24-22(23)21(2)3;1-4-8-6(7)5(2)3;4-3(7)2(6)1-5/h2,4-20H2,1,3H3;2,4H2,1,3H3;2,5-6H,1H2,(H2,4,7). The first-order valence-corrected chi connectivity index (χ1v) is 14.8. The van der Waals surface area contributed by atoms with Crippen LogP contribution in [0.5, 0.6) is 0 Å². The fourth-order valence-electron chi connectivity index (χ4n) is 3.28.